The number of anilines is 1. The molecule has 1 aromatic carbocycles. The van der Waals surface area contributed by atoms with Crippen molar-refractivity contribution in [1.29, 1.82) is 0 Å². The van der Waals surface area contributed by atoms with Gasteiger partial charge in [-0.15, -0.1) is 0 Å². The number of ether oxygens (including phenoxy) is 1. The second-order valence-electron chi connectivity index (χ2n) is 4.14. The van der Waals surface area contributed by atoms with E-state index in [-0.39, 0.29) is 17.9 Å². The minimum Gasteiger partial charge on any atom is -0.495 e. The van der Waals surface area contributed by atoms with E-state index >= 15 is 0 Å². The SMILES string of the molecule is COc1ccc(C(=O)NC2CNC(=O)C2)cc1N. The quantitative estimate of drug-likeness (QED) is 0.652. The highest BCUT2D eigenvalue weighted by Gasteiger charge is 2.23. The van der Waals surface area contributed by atoms with Crippen LogP contribution in [0.3, 0.4) is 0 Å². The van der Waals surface area contributed by atoms with E-state index in [1.54, 1.807) is 18.2 Å². The zero-order valence-electron chi connectivity index (χ0n) is 10.0. The Bertz CT molecular complexity index is 487. The van der Waals surface area contributed by atoms with Crippen molar-refractivity contribution in [2.45, 2.75) is 12.5 Å². The van der Waals surface area contributed by atoms with Gasteiger partial charge in [-0.25, -0.2) is 0 Å². The van der Waals surface area contributed by atoms with Crippen LogP contribution in [0.25, 0.3) is 0 Å². The van der Waals surface area contributed by atoms with Gasteiger partial charge in [-0.05, 0) is 18.2 Å². The molecule has 1 aliphatic rings. The standard InChI is InChI=1S/C12H15N3O3/c1-18-10-3-2-7(4-9(10)13)12(17)15-8-5-11(16)14-6-8/h2-4,8H,5-6,13H2,1H3,(H,14,16)(H,15,17). The Morgan fingerprint density at radius 3 is 2.89 bits per heavy atom. The number of carbonyl (C=O) groups excluding carboxylic acids is 2. The molecule has 1 fully saturated rings. The normalized spacial score (nSPS) is 18.3. The first kappa shape index (κ1) is 12.2. The highest BCUT2D eigenvalue weighted by Crippen LogP contribution is 2.21. The van der Waals surface area contributed by atoms with Crippen molar-refractivity contribution in [3.63, 3.8) is 0 Å². The third-order valence-corrected chi connectivity index (χ3v) is 2.80. The van der Waals surface area contributed by atoms with Gasteiger partial charge in [0.25, 0.3) is 5.91 Å². The first-order chi connectivity index (χ1) is 8.60. The second kappa shape index (κ2) is 4.95. The number of hydrogen-bond donors (Lipinski definition) is 3. The Morgan fingerprint density at radius 1 is 1.56 bits per heavy atom. The molecule has 1 aliphatic heterocycles. The molecular weight excluding hydrogens is 234 g/mol. The topological polar surface area (TPSA) is 93.5 Å². The number of nitrogens with two attached hydrogens (primary N) is 1. The van der Waals surface area contributed by atoms with Gasteiger partial charge < -0.3 is 21.1 Å². The highest BCUT2D eigenvalue weighted by atomic mass is 16.5. The molecule has 6 heteroatoms. The number of nitrogen functional groups attached to an aromatic ring is 1. The molecule has 1 heterocycles. The lowest BCUT2D eigenvalue weighted by Crippen LogP contribution is -2.36. The summed E-state index contributed by atoms with van der Waals surface area (Å²) in [5.41, 5.74) is 6.59. The summed E-state index contributed by atoms with van der Waals surface area (Å²) in [5, 5.41) is 5.43. The third kappa shape index (κ3) is 2.53. The molecule has 0 bridgehead atoms. The van der Waals surface area contributed by atoms with E-state index < -0.39 is 0 Å². The lowest BCUT2D eigenvalue weighted by molar-refractivity contribution is -0.119. The Kier molecular flexibility index (Phi) is 3.36. The number of methoxy groups -OCH3 is 1. The van der Waals surface area contributed by atoms with Gasteiger partial charge in [0.2, 0.25) is 5.91 Å². The van der Waals surface area contributed by atoms with Crippen LogP contribution in [0, 0.1) is 0 Å². The average Bonchev–Trinajstić information content (AvgIpc) is 2.74. The number of carbonyl (C=O) groups is 2. The zero-order valence-corrected chi connectivity index (χ0v) is 10.0. The number of amides is 2. The Hall–Kier alpha value is -2.24. The van der Waals surface area contributed by atoms with E-state index in [0.717, 1.165) is 0 Å². The number of benzene rings is 1. The number of hydrogen-bond acceptors (Lipinski definition) is 4. The third-order valence-electron chi connectivity index (χ3n) is 2.80. The van der Waals surface area contributed by atoms with E-state index in [0.29, 0.717) is 30.0 Å². The molecule has 1 aromatic rings. The van der Waals surface area contributed by atoms with Crippen molar-refractivity contribution in [3.8, 4) is 5.75 Å². The molecule has 2 rings (SSSR count). The minimum absolute atomic E-state index is 0.0467. The van der Waals surface area contributed by atoms with Gasteiger partial charge in [0, 0.05) is 18.5 Å². The summed E-state index contributed by atoms with van der Waals surface area (Å²) in [4.78, 5) is 22.9. The van der Waals surface area contributed by atoms with Gasteiger partial charge in [0.1, 0.15) is 5.75 Å². The zero-order chi connectivity index (χ0) is 13.1. The molecule has 1 saturated heterocycles. The van der Waals surface area contributed by atoms with E-state index in [9.17, 15) is 9.59 Å². The minimum atomic E-state index is -0.245. The first-order valence-electron chi connectivity index (χ1n) is 5.61. The summed E-state index contributed by atoms with van der Waals surface area (Å²) in [6, 6.07) is 4.67. The van der Waals surface area contributed by atoms with Crippen molar-refractivity contribution < 1.29 is 14.3 Å². The van der Waals surface area contributed by atoms with Crippen LogP contribution in [0.15, 0.2) is 18.2 Å². The maximum absolute atomic E-state index is 11.9. The molecule has 0 spiro atoms. The van der Waals surface area contributed by atoms with Crippen LogP contribution in [-0.4, -0.2) is 31.5 Å². The van der Waals surface area contributed by atoms with Gasteiger partial charge in [-0.1, -0.05) is 0 Å². The van der Waals surface area contributed by atoms with Crippen molar-refractivity contribution in [3.05, 3.63) is 23.8 Å². The fraction of sp³-hybridized carbons (Fsp3) is 0.333. The van der Waals surface area contributed by atoms with Crippen LogP contribution in [0.5, 0.6) is 5.75 Å². The Morgan fingerprint density at radius 2 is 2.33 bits per heavy atom. The average molecular weight is 249 g/mol. The van der Waals surface area contributed by atoms with Crippen LogP contribution < -0.4 is 21.1 Å². The van der Waals surface area contributed by atoms with Crippen molar-refractivity contribution >= 4 is 17.5 Å². The lowest BCUT2D eigenvalue weighted by Gasteiger charge is -2.11. The molecule has 96 valence electrons. The fourth-order valence-corrected chi connectivity index (χ4v) is 1.85. The highest BCUT2D eigenvalue weighted by molar-refractivity contribution is 5.96. The van der Waals surface area contributed by atoms with Crippen LogP contribution in [0.2, 0.25) is 0 Å². The smallest absolute Gasteiger partial charge is 0.251 e. The number of rotatable bonds is 3. The Labute approximate surface area is 104 Å². The van der Waals surface area contributed by atoms with E-state index in [2.05, 4.69) is 10.6 Å². The molecule has 1 atom stereocenters. The van der Waals surface area contributed by atoms with Crippen molar-refractivity contribution in [1.82, 2.24) is 10.6 Å². The van der Waals surface area contributed by atoms with Crippen LogP contribution in [0.1, 0.15) is 16.8 Å². The van der Waals surface area contributed by atoms with E-state index in [1.807, 2.05) is 0 Å². The van der Waals surface area contributed by atoms with Gasteiger partial charge in [-0.2, -0.15) is 0 Å². The van der Waals surface area contributed by atoms with Gasteiger partial charge in [-0.3, -0.25) is 9.59 Å². The van der Waals surface area contributed by atoms with E-state index in [4.69, 9.17) is 10.5 Å². The summed E-state index contributed by atoms with van der Waals surface area (Å²) in [7, 11) is 1.52. The first-order valence-corrected chi connectivity index (χ1v) is 5.61. The molecule has 18 heavy (non-hydrogen) atoms. The second-order valence-corrected chi connectivity index (χ2v) is 4.14. The summed E-state index contributed by atoms with van der Waals surface area (Å²) >= 11 is 0. The van der Waals surface area contributed by atoms with Crippen molar-refractivity contribution in [2.75, 3.05) is 19.4 Å². The number of nitrogens with one attached hydrogen (secondary N) is 2. The fourth-order valence-electron chi connectivity index (χ4n) is 1.85. The molecule has 0 aliphatic carbocycles. The molecule has 4 N–H and O–H groups in total. The summed E-state index contributed by atoms with van der Waals surface area (Å²) < 4.78 is 5.02. The molecule has 0 saturated carbocycles. The predicted octanol–water partition coefficient (Wildman–Crippen LogP) is -0.104. The summed E-state index contributed by atoms with van der Waals surface area (Å²) in [5.74, 6) is 0.240. The largest absolute Gasteiger partial charge is 0.495 e. The summed E-state index contributed by atoms with van der Waals surface area (Å²) in [6.45, 7) is 0.468. The molecule has 2 amide bonds. The molecular formula is C12H15N3O3. The maximum atomic E-state index is 11.9. The monoisotopic (exact) mass is 249 g/mol. The predicted molar refractivity (Wildman–Crippen MR) is 66.3 cm³/mol. The van der Waals surface area contributed by atoms with Crippen molar-refractivity contribution in [2.24, 2.45) is 0 Å². The van der Waals surface area contributed by atoms with Crippen LogP contribution in [0.4, 0.5) is 5.69 Å². The lowest BCUT2D eigenvalue weighted by atomic mass is 10.1. The van der Waals surface area contributed by atoms with Gasteiger partial charge >= 0.3 is 0 Å². The maximum Gasteiger partial charge on any atom is 0.251 e. The van der Waals surface area contributed by atoms with Crippen LogP contribution >= 0.6 is 0 Å². The van der Waals surface area contributed by atoms with Gasteiger partial charge in [0.05, 0.1) is 18.8 Å². The Balaban J connectivity index is 2.05. The molecule has 1 unspecified atom stereocenters. The van der Waals surface area contributed by atoms with Gasteiger partial charge in [0.15, 0.2) is 0 Å². The molecule has 0 radical (unpaired) electrons. The molecule has 0 aromatic heterocycles. The molecule has 6 nitrogen and oxygen atoms in total. The van der Waals surface area contributed by atoms with E-state index in [1.165, 1.54) is 7.11 Å². The van der Waals surface area contributed by atoms with Crippen LogP contribution in [-0.2, 0) is 4.79 Å². The summed E-state index contributed by atoms with van der Waals surface area (Å²) in [6.07, 6.45) is 0.317.